The van der Waals surface area contributed by atoms with E-state index in [4.69, 9.17) is 0 Å². The molecule has 0 saturated heterocycles. The van der Waals surface area contributed by atoms with Gasteiger partial charge in [-0.1, -0.05) is 18.9 Å². The van der Waals surface area contributed by atoms with E-state index < -0.39 is 29.2 Å². The summed E-state index contributed by atoms with van der Waals surface area (Å²) in [7, 11) is 0. The molecule has 2 fully saturated rings. The number of hydrogen-bond acceptors (Lipinski definition) is 3. The van der Waals surface area contributed by atoms with Crippen LogP contribution in [0.5, 0.6) is 0 Å². The fourth-order valence-corrected chi connectivity index (χ4v) is 4.61. The van der Waals surface area contributed by atoms with Crippen LogP contribution in [0.15, 0.2) is 24.3 Å². The number of carbonyl (C=O) groups excluding carboxylic acids is 1. The van der Waals surface area contributed by atoms with E-state index in [0.29, 0.717) is 31.0 Å². The van der Waals surface area contributed by atoms with E-state index in [1.54, 1.807) is 17.9 Å². The second kappa shape index (κ2) is 8.11. The predicted molar refractivity (Wildman–Crippen MR) is 108 cm³/mol. The Labute approximate surface area is 179 Å². The van der Waals surface area contributed by atoms with Crippen molar-refractivity contribution >= 4 is 11.6 Å². The van der Waals surface area contributed by atoms with E-state index in [1.165, 1.54) is 0 Å². The number of alkyl halides is 3. The van der Waals surface area contributed by atoms with Crippen molar-refractivity contribution in [2.75, 3.05) is 6.54 Å². The maximum atomic E-state index is 14.6. The Morgan fingerprint density at radius 2 is 1.94 bits per heavy atom. The Hall–Kier alpha value is -2.09. The van der Waals surface area contributed by atoms with E-state index in [0.717, 1.165) is 43.9 Å². The number of amides is 1. The molecule has 31 heavy (non-hydrogen) atoms. The first-order valence-corrected chi connectivity index (χ1v) is 10.9. The second-order valence-electron chi connectivity index (χ2n) is 9.25. The van der Waals surface area contributed by atoms with Crippen molar-refractivity contribution in [3.05, 3.63) is 41.2 Å². The van der Waals surface area contributed by atoms with Crippen molar-refractivity contribution in [3.63, 3.8) is 0 Å². The number of aliphatic hydroxyl groups excluding tert-OH is 1. The summed E-state index contributed by atoms with van der Waals surface area (Å²) >= 11 is 0. The third kappa shape index (κ3) is 4.45. The van der Waals surface area contributed by atoms with Gasteiger partial charge in [0.15, 0.2) is 0 Å². The SMILES string of the molecule is CC1(C(=O)N[C@@H]2CCCC[C@H]2O)CC=C(c2cc(C(F)(F)F)ccc2F)N1CC1CC1. The lowest BCUT2D eigenvalue weighted by Gasteiger charge is -2.40. The van der Waals surface area contributed by atoms with Gasteiger partial charge >= 0.3 is 6.18 Å². The highest BCUT2D eigenvalue weighted by Gasteiger charge is 2.47. The van der Waals surface area contributed by atoms with Crippen molar-refractivity contribution in [1.29, 1.82) is 0 Å². The summed E-state index contributed by atoms with van der Waals surface area (Å²) in [6.07, 6.45) is 1.86. The van der Waals surface area contributed by atoms with Crippen molar-refractivity contribution < 1.29 is 27.5 Å². The van der Waals surface area contributed by atoms with Gasteiger partial charge in [-0.25, -0.2) is 4.39 Å². The third-order valence-electron chi connectivity index (χ3n) is 6.82. The lowest BCUT2D eigenvalue weighted by atomic mass is 9.90. The zero-order valence-electron chi connectivity index (χ0n) is 17.5. The quantitative estimate of drug-likeness (QED) is 0.664. The molecule has 1 amide bonds. The standard InChI is InChI=1S/C23H28F4N2O2/c1-22(21(31)28-18-4-2-3-5-20(18)30)11-10-19(29(22)13-14-6-7-14)16-12-15(23(25,26)27)8-9-17(16)24/h8-10,12,14,18,20,30H,2-7,11,13H2,1H3,(H,28,31)/t18-,20-,22?/m1/s1. The number of rotatable bonds is 5. The summed E-state index contributed by atoms with van der Waals surface area (Å²) in [4.78, 5) is 15.1. The molecule has 1 aromatic carbocycles. The van der Waals surface area contributed by atoms with Crippen LogP contribution in [0.2, 0.25) is 0 Å². The molecule has 3 atom stereocenters. The maximum Gasteiger partial charge on any atom is 0.416 e. The Bertz CT molecular complexity index is 881. The summed E-state index contributed by atoms with van der Waals surface area (Å²) < 4.78 is 54.4. The molecule has 2 aliphatic carbocycles. The second-order valence-corrected chi connectivity index (χ2v) is 9.25. The number of halogens is 4. The van der Waals surface area contributed by atoms with Gasteiger partial charge in [-0.15, -0.1) is 0 Å². The van der Waals surface area contributed by atoms with Gasteiger partial charge in [0.1, 0.15) is 11.4 Å². The molecule has 1 aliphatic heterocycles. The molecule has 8 heteroatoms. The van der Waals surface area contributed by atoms with E-state index in [9.17, 15) is 27.5 Å². The zero-order chi connectivity index (χ0) is 22.4. The first-order chi connectivity index (χ1) is 14.6. The molecular formula is C23H28F4N2O2. The van der Waals surface area contributed by atoms with Crippen LogP contribution in [-0.4, -0.2) is 40.1 Å². The average Bonchev–Trinajstić information content (AvgIpc) is 3.47. The lowest BCUT2D eigenvalue weighted by Crippen LogP contribution is -2.58. The van der Waals surface area contributed by atoms with Gasteiger partial charge in [-0.05, 0) is 63.1 Å². The Balaban J connectivity index is 1.62. The number of nitrogens with one attached hydrogen (secondary N) is 1. The molecular weight excluding hydrogens is 412 g/mol. The van der Waals surface area contributed by atoms with Crippen LogP contribution in [0.25, 0.3) is 5.70 Å². The number of aliphatic hydroxyl groups is 1. The molecule has 0 spiro atoms. The van der Waals surface area contributed by atoms with Crippen LogP contribution in [0.1, 0.15) is 63.0 Å². The fraction of sp³-hybridized carbons (Fsp3) is 0.609. The minimum atomic E-state index is -4.58. The van der Waals surface area contributed by atoms with Gasteiger partial charge in [-0.2, -0.15) is 13.2 Å². The van der Waals surface area contributed by atoms with Gasteiger partial charge in [0.05, 0.1) is 17.7 Å². The smallest absolute Gasteiger partial charge is 0.391 e. The number of carbonyl (C=O) groups is 1. The van der Waals surface area contributed by atoms with E-state index in [2.05, 4.69) is 5.32 Å². The summed E-state index contributed by atoms with van der Waals surface area (Å²) in [5, 5.41) is 13.2. The van der Waals surface area contributed by atoms with Crippen molar-refractivity contribution in [3.8, 4) is 0 Å². The topological polar surface area (TPSA) is 52.6 Å². The number of benzene rings is 1. The van der Waals surface area contributed by atoms with Gasteiger partial charge in [-0.3, -0.25) is 4.79 Å². The lowest BCUT2D eigenvalue weighted by molar-refractivity contribution is -0.137. The van der Waals surface area contributed by atoms with E-state index >= 15 is 0 Å². The molecule has 3 aliphatic rings. The normalized spacial score (nSPS) is 29.1. The van der Waals surface area contributed by atoms with Crippen molar-refractivity contribution in [2.45, 2.75) is 75.7 Å². The molecule has 0 aromatic heterocycles. The van der Waals surface area contributed by atoms with E-state index in [-0.39, 0.29) is 23.9 Å². The molecule has 4 nitrogen and oxygen atoms in total. The largest absolute Gasteiger partial charge is 0.416 e. The van der Waals surface area contributed by atoms with Gasteiger partial charge < -0.3 is 15.3 Å². The van der Waals surface area contributed by atoms with Crippen molar-refractivity contribution in [1.82, 2.24) is 10.2 Å². The number of hydrogen-bond donors (Lipinski definition) is 2. The molecule has 170 valence electrons. The molecule has 0 bridgehead atoms. The highest BCUT2D eigenvalue weighted by Crippen LogP contribution is 2.43. The van der Waals surface area contributed by atoms with E-state index in [1.807, 2.05) is 0 Å². The van der Waals surface area contributed by atoms with Crippen LogP contribution in [0, 0.1) is 11.7 Å². The summed E-state index contributed by atoms with van der Waals surface area (Å²) in [5.41, 5.74) is -1.77. The van der Waals surface area contributed by atoms with Gasteiger partial charge in [0, 0.05) is 17.8 Å². The summed E-state index contributed by atoms with van der Waals surface area (Å²) in [6, 6.07) is 2.06. The van der Waals surface area contributed by atoms with Gasteiger partial charge in [0.2, 0.25) is 5.91 Å². The molecule has 1 heterocycles. The van der Waals surface area contributed by atoms with Gasteiger partial charge in [0.25, 0.3) is 0 Å². The average molecular weight is 440 g/mol. The Kier molecular flexibility index (Phi) is 5.79. The van der Waals surface area contributed by atoms with Crippen LogP contribution >= 0.6 is 0 Å². The molecule has 1 aromatic rings. The predicted octanol–water partition coefficient (Wildman–Crippen LogP) is 4.48. The van der Waals surface area contributed by atoms with Crippen LogP contribution in [-0.2, 0) is 11.0 Å². The highest BCUT2D eigenvalue weighted by molar-refractivity contribution is 5.90. The molecule has 2 N–H and O–H groups in total. The molecule has 4 rings (SSSR count). The minimum absolute atomic E-state index is 0.135. The van der Waals surface area contributed by atoms with Crippen molar-refractivity contribution in [2.24, 2.45) is 5.92 Å². The first kappa shape index (κ1) is 22.1. The molecule has 1 unspecified atom stereocenters. The molecule has 0 radical (unpaired) electrons. The molecule has 2 saturated carbocycles. The third-order valence-corrected chi connectivity index (χ3v) is 6.82. The first-order valence-electron chi connectivity index (χ1n) is 10.9. The maximum absolute atomic E-state index is 14.6. The van der Waals surface area contributed by atoms with Crippen LogP contribution in [0.3, 0.4) is 0 Å². The zero-order valence-corrected chi connectivity index (χ0v) is 17.5. The Morgan fingerprint density at radius 1 is 1.23 bits per heavy atom. The highest BCUT2D eigenvalue weighted by atomic mass is 19.4. The van der Waals surface area contributed by atoms with Crippen LogP contribution < -0.4 is 5.32 Å². The monoisotopic (exact) mass is 440 g/mol. The minimum Gasteiger partial charge on any atom is -0.391 e. The summed E-state index contributed by atoms with van der Waals surface area (Å²) in [6.45, 7) is 2.23. The number of nitrogens with zero attached hydrogens (tertiary/aromatic N) is 1. The fourth-order valence-electron chi connectivity index (χ4n) is 4.61. The summed E-state index contributed by atoms with van der Waals surface area (Å²) in [5.74, 6) is -0.687. The Morgan fingerprint density at radius 3 is 2.58 bits per heavy atom. The van der Waals surface area contributed by atoms with Crippen LogP contribution in [0.4, 0.5) is 17.6 Å².